The van der Waals surface area contributed by atoms with Gasteiger partial charge in [-0.25, -0.2) is 9.37 Å². The maximum atomic E-state index is 14.4. The van der Waals surface area contributed by atoms with Crippen LogP contribution in [0.15, 0.2) is 16.9 Å². The van der Waals surface area contributed by atoms with E-state index in [1.807, 2.05) is 0 Å². The Bertz CT molecular complexity index is 838. The molecule has 136 valence electrons. The molecular formula is C18H24ClFN4O. The SMILES string of the molecule is CCC[C@H](c1nc2c(F)cc(Cl)cc2c(=O)n1C)N1CCN[C@@H](C)C1. The second-order valence-corrected chi connectivity index (χ2v) is 7.21. The highest BCUT2D eigenvalue weighted by Crippen LogP contribution is 2.27. The van der Waals surface area contributed by atoms with E-state index in [0.29, 0.717) is 11.9 Å². The maximum absolute atomic E-state index is 14.4. The first-order chi connectivity index (χ1) is 11.9. The first-order valence-corrected chi connectivity index (χ1v) is 9.13. The number of halogens is 2. The largest absolute Gasteiger partial charge is 0.312 e. The van der Waals surface area contributed by atoms with E-state index in [9.17, 15) is 9.18 Å². The summed E-state index contributed by atoms with van der Waals surface area (Å²) in [6.45, 7) is 6.91. The fourth-order valence-corrected chi connectivity index (χ4v) is 3.81. The lowest BCUT2D eigenvalue weighted by Crippen LogP contribution is -2.51. The van der Waals surface area contributed by atoms with Crippen molar-refractivity contribution in [1.82, 2.24) is 19.8 Å². The fraction of sp³-hybridized carbons (Fsp3) is 0.556. The number of hydrogen-bond acceptors (Lipinski definition) is 4. The summed E-state index contributed by atoms with van der Waals surface area (Å²) in [5.41, 5.74) is -0.155. The lowest BCUT2D eigenvalue weighted by molar-refractivity contribution is 0.132. The normalized spacial score (nSPS) is 20.1. The van der Waals surface area contributed by atoms with Crippen molar-refractivity contribution in [3.05, 3.63) is 39.2 Å². The molecule has 25 heavy (non-hydrogen) atoms. The summed E-state index contributed by atoms with van der Waals surface area (Å²) in [7, 11) is 1.71. The second kappa shape index (κ2) is 7.40. The van der Waals surface area contributed by atoms with Gasteiger partial charge in [-0.2, -0.15) is 0 Å². The Morgan fingerprint density at radius 1 is 1.48 bits per heavy atom. The topological polar surface area (TPSA) is 50.2 Å². The van der Waals surface area contributed by atoms with Crippen molar-refractivity contribution in [2.75, 3.05) is 19.6 Å². The van der Waals surface area contributed by atoms with Gasteiger partial charge in [-0.3, -0.25) is 14.3 Å². The molecule has 0 unspecified atom stereocenters. The number of benzene rings is 1. The second-order valence-electron chi connectivity index (χ2n) is 6.77. The van der Waals surface area contributed by atoms with Gasteiger partial charge in [-0.05, 0) is 25.5 Å². The van der Waals surface area contributed by atoms with Crippen molar-refractivity contribution in [2.45, 2.75) is 38.8 Å². The third-order valence-corrected chi connectivity index (χ3v) is 5.05. The predicted molar refractivity (Wildman–Crippen MR) is 98.6 cm³/mol. The highest BCUT2D eigenvalue weighted by molar-refractivity contribution is 6.31. The van der Waals surface area contributed by atoms with Crippen molar-refractivity contribution in [3.8, 4) is 0 Å². The molecule has 2 heterocycles. The van der Waals surface area contributed by atoms with Crippen LogP contribution < -0.4 is 10.9 Å². The van der Waals surface area contributed by atoms with Gasteiger partial charge in [0.05, 0.1) is 11.4 Å². The molecule has 0 amide bonds. The summed E-state index contributed by atoms with van der Waals surface area (Å²) in [6, 6.07) is 3.07. The van der Waals surface area contributed by atoms with E-state index in [1.54, 1.807) is 11.6 Å². The summed E-state index contributed by atoms with van der Waals surface area (Å²) < 4.78 is 15.9. The summed E-state index contributed by atoms with van der Waals surface area (Å²) in [6.07, 6.45) is 1.83. The number of aromatic nitrogens is 2. The van der Waals surface area contributed by atoms with Crippen molar-refractivity contribution >= 4 is 22.5 Å². The van der Waals surface area contributed by atoms with Crippen LogP contribution in [0, 0.1) is 5.82 Å². The minimum absolute atomic E-state index is 0.00766. The van der Waals surface area contributed by atoms with Crippen molar-refractivity contribution in [1.29, 1.82) is 0 Å². The van der Waals surface area contributed by atoms with E-state index in [2.05, 4.69) is 29.0 Å². The van der Waals surface area contributed by atoms with Crippen molar-refractivity contribution in [2.24, 2.45) is 7.05 Å². The zero-order valence-corrected chi connectivity index (χ0v) is 15.6. The molecule has 1 N–H and O–H groups in total. The molecule has 1 saturated heterocycles. The predicted octanol–water partition coefficient (Wildman–Crippen LogP) is 2.86. The minimum atomic E-state index is -0.551. The summed E-state index contributed by atoms with van der Waals surface area (Å²) >= 11 is 5.91. The van der Waals surface area contributed by atoms with Crippen LogP contribution in [0.5, 0.6) is 0 Å². The molecule has 2 aromatic rings. The molecule has 2 atom stereocenters. The monoisotopic (exact) mass is 366 g/mol. The molecule has 0 aliphatic carbocycles. The van der Waals surface area contributed by atoms with E-state index in [4.69, 9.17) is 11.6 Å². The van der Waals surface area contributed by atoms with Crippen LogP contribution in [0.25, 0.3) is 10.9 Å². The van der Waals surface area contributed by atoms with Crippen LogP contribution in [0.4, 0.5) is 4.39 Å². The van der Waals surface area contributed by atoms with E-state index in [-0.39, 0.29) is 27.5 Å². The molecule has 7 heteroatoms. The quantitative estimate of drug-likeness (QED) is 0.904. The molecule has 1 fully saturated rings. The van der Waals surface area contributed by atoms with Gasteiger partial charge in [0.25, 0.3) is 5.56 Å². The fourth-order valence-electron chi connectivity index (χ4n) is 3.61. The number of hydrogen-bond donors (Lipinski definition) is 1. The highest BCUT2D eigenvalue weighted by Gasteiger charge is 2.28. The van der Waals surface area contributed by atoms with Crippen LogP contribution in [-0.2, 0) is 7.05 Å². The third kappa shape index (κ3) is 3.57. The number of nitrogens with one attached hydrogen (secondary N) is 1. The first kappa shape index (κ1) is 18.3. The Kier molecular flexibility index (Phi) is 5.41. The minimum Gasteiger partial charge on any atom is -0.312 e. The molecule has 1 aliphatic rings. The van der Waals surface area contributed by atoms with E-state index in [1.165, 1.54) is 12.1 Å². The van der Waals surface area contributed by atoms with E-state index < -0.39 is 5.82 Å². The number of piperazine rings is 1. The van der Waals surface area contributed by atoms with Crippen molar-refractivity contribution in [3.63, 3.8) is 0 Å². The van der Waals surface area contributed by atoms with Gasteiger partial charge in [0.15, 0.2) is 5.82 Å². The number of fused-ring (bicyclic) bond motifs is 1. The maximum Gasteiger partial charge on any atom is 0.261 e. The lowest BCUT2D eigenvalue weighted by atomic mass is 10.1. The van der Waals surface area contributed by atoms with Crippen LogP contribution in [0.2, 0.25) is 5.02 Å². The molecule has 1 aromatic carbocycles. The van der Waals surface area contributed by atoms with Gasteiger partial charge in [0.1, 0.15) is 11.3 Å². The van der Waals surface area contributed by atoms with E-state index >= 15 is 0 Å². The number of nitrogens with zero attached hydrogens (tertiary/aromatic N) is 3. The van der Waals surface area contributed by atoms with Crippen LogP contribution in [0.1, 0.15) is 38.6 Å². The Morgan fingerprint density at radius 3 is 2.92 bits per heavy atom. The molecule has 0 spiro atoms. The highest BCUT2D eigenvalue weighted by atomic mass is 35.5. The molecule has 5 nitrogen and oxygen atoms in total. The zero-order valence-electron chi connectivity index (χ0n) is 14.9. The summed E-state index contributed by atoms with van der Waals surface area (Å²) in [4.78, 5) is 19.7. The van der Waals surface area contributed by atoms with Crippen molar-refractivity contribution < 1.29 is 4.39 Å². The molecule has 3 rings (SSSR count). The molecular weight excluding hydrogens is 343 g/mol. The van der Waals surface area contributed by atoms with Gasteiger partial charge in [-0.15, -0.1) is 0 Å². The Hall–Kier alpha value is -1.50. The van der Waals surface area contributed by atoms with Crippen LogP contribution in [-0.4, -0.2) is 40.1 Å². The Labute approximate surface area is 151 Å². The Balaban J connectivity index is 2.14. The van der Waals surface area contributed by atoms with Gasteiger partial charge in [0, 0.05) is 37.7 Å². The number of rotatable bonds is 4. The smallest absolute Gasteiger partial charge is 0.261 e. The van der Waals surface area contributed by atoms with Crippen LogP contribution >= 0.6 is 11.6 Å². The van der Waals surface area contributed by atoms with Gasteiger partial charge in [0.2, 0.25) is 0 Å². The van der Waals surface area contributed by atoms with E-state index in [0.717, 1.165) is 32.5 Å². The zero-order chi connectivity index (χ0) is 18.1. The third-order valence-electron chi connectivity index (χ3n) is 4.83. The summed E-state index contributed by atoms with van der Waals surface area (Å²) in [5.74, 6) is 0.0695. The van der Waals surface area contributed by atoms with Crippen LogP contribution in [0.3, 0.4) is 0 Å². The molecule has 0 saturated carbocycles. The molecule has 1 aliphatic heterocycles. The standard InChI is InChI=1S/C18H24ClFN4O/c1-4-5-15(24-7-6-21-11(2)10-24)17-22-16-13(18(25)23(17)3)8-12(19)9-14(16)20/h8-9,11,15,21H,4-7,10H2,1-3H3/t11-,15+/m0/s1. The van der Waals surface area contributed by atoms with Gasteiger partial charge >= 0.3 is 0 Å². The average Bonchev–Trinajstić information content (AvgIpc) is 2.57. The van der Waals surface area contributed by atoms with Gasteiger partial charge < -0.3 is 5.32 Å². The first-order valence-electron chi connectivity index (χ1n) is 8.75. The Morgan fingerprint density at radius 2 is 2.24 bits per heavy atom. The molecule has 0 bridgehead atoms. The molecule has 0 radical (unpaired) electrons. The van der Waals surface area contributed by atoms with Gasteiger partial charge in [-0.1, -0.05) is 24.9 Å². The average molecular weight is 367 g/mol. The summed E-state index contributed by atoms with van der Waals surface area (Å²) in [5, 5.41) is 3.85. The lowest BCUT2D eigenvalue weighted by Gasteiger charge is -2.38. The molecule has 1 aromatic heterocycles.